The summed E-state index contributed by atoms with van der Waals surface area (Å²) in [6, 6.07) is 10.8. The molecule has 3 heteroatoms. The van der Waals surface area contributed by atoms with Gasteiger partial charge in [-0.25, -0.2) is 0 Å². The predicted molar refractivity (Wildman–Crippen MR) is 126 cm³/mol. The van der Waals surface area contributed by atoms with Crippen LogP contribution in [0.5, 0.6) is 5.75 Å². The van der Waals surface area contributed by atoms with Crippen molar-refractivity contribution >= 4 is 21.8 Å². The topological polar surface area (TPSA) is 51.0 Å². The highest BCUT2D eigenvalue weighted by Crippen LogP contribution is 2.31. The first-order valence-corrected chi connectivity index (χ1v) is 11.6. The van der Waals surface area contributed by atoms with E-state index < -0.39 is 0 Å². The molecule has 3 N–H and O–H groups in total. The standard InChI is InChI=1S/C26H38N2O/c1-3-4-5-6-7-8-9-10-11-12-15-29-26-18-25-22(16-20(26)2)23-17-21(19-27)13-14-24(23)28-25/h13-14,16-18,28H,3-12,15,19,27H2,1-2H3. The van der Waals surface area contributed by atoms with Gasteiger partial charge in [-0.15, -0.1) is 0 Å². The molecule has 0 unspecified atom stereocenters. The molecule has 2 aromatic carbocycles. The van der Waals surface area contributed by atoms with Crippen LogP contribution in [0.4, 0.5) is 0 Å². The number of hydrogen-bond acceptors (Lipinski definition) is 2. The number of hydrogen-bond donors (Lipinski definition) is 2. The van der Waals surface area contributed by atoms with E-state index in [4.69, 9.17) is 10.5 Å². The van der Waals surface area contributed by atoms with Crippen molar-refractivity contribution in [2.75, 3.05) is 6.61 Å². The Morgan fingerprint density at radius 3 is 2.14 bits per heavy atom. The van der Waals surface area contributed by atoms with Gasteiger partial charge in [0.2, 0.25) is 0 Å². The summed E-state index contributed by atoms with van der Waals surface area (Å²) in [4.78, 5) is 3.52. The van der Waals surface area contributed by atoms with Crippen LogP contribution in [0.2, 0.25) is 0 Å². The zero-order valence-electron chi connectivity index (χ0n) is 18.4. The Balaban J connectivity index is 1.45. The molecule has 0 bridgehead atoms. The number of rotatable bonds is 13. The van der Waals surface area contributed by atoms with Crippen molar-refractivity contribution in [3.8, 4) is 5.75 Å². The highest BCUT2D eigenvalue weighted by Gasteiger charge is 2.09. The molecule has 158 valence electrons. The number of benzene rings is 2. The van der Waals surface area contributed by atoms with Gasteiger partial charge in [-0.2, -0.15) is 0 Å². The van der Waals surface area contributed by atoms with Crippen LogP contribution >= 0.6 is 0 Å². The summed E-state index contributed by atoms with van der Waals surface area (Å²) >= 11 is 0. The Morgan fingerprint density at radius 1 is 0.793 bits per heavy atom. The Kier molecular flexibility index (Phi) is 8.42. The van der Waals surface area contributed by atoms with Crippen LogP contribution in [-0.2, 0) is 6.54 Å². The van der Waals surface area contributed by atoms with Crippen LogP contribution in [0.1, 0.15) is 82.3 Å². The van der Waals surface area contributed by atoms with Gasteiger partial charge in [0.15, 0.2) is 0 Å². The average Bonchev–Trinajstić information content (AvgIpc) is 3.08. The first kappa shape index (κ1) is 21.7. The van der Waals surface area contributed by atoms with Gasteiger partial charge in [0.1, 0.15) is 5.75 Å². The van der Waals surface area contributed by atoms with E-state index in [2.05, 4.69) is 49.2 Å². The van der Waals surface area contributed by atoms with E-state index in [1.54, 1.807) is 0 Å². The first-order chi connectivity index (χ1) is 14.2. The van der Waals surface area contributed by atoms with Gasteiger partial charge in [0, 0.05) is 28.9 Å². The smallest absolute Gasteiger partial charge is 0.124 e. The van der Waals surface area contributed by atoms with Gasteiger partial charge in [-0.05, 0) is 42.7 Å². The van der Waals surface area contributed by atoms with Crippen LogP contribution in [0.25, 0.3) is 21.8 Å². The van der Waals surface area contributed by atoms with Crippen molar-refractivity contribution in [3.05, 3.63) is 41.5 Å². The molecule has 0 aliphatic rings. The SMILES string of the molecule is CCCCCCCCCCCCOc1cc2[nH]c3ccc(CN)cc3c2cc1C. The lowest BCUT2D eigenvalue weighted by molar-refractivity contribution is 0.302. The van der Waals surface area contributed by atoms with Gasteiger partial charge in [-0.1, -0.05) is 70.8 Å². The fourth-order valence-corrected chi connectivity index (χ4v) is 4.14. The maximum Gasteiger partial charge on any atom is 0.124 e. The lowest BCUT2D eigenvalue weighted by atomic mass is 10.1. The second kappa shape index (κ2) is 11.3. The Bertz CT molecular complexity index is 896. The van der Waals surface area contributed by atoms with Crippen molar-refractivity contribution in [2.24, 2.45) is 5.73 Å². The molecule has 29 heavy (non-hydrogen) atoms. The maximum absolute atomic E-state index is 6.12. The van der Waals surface area contributed by atoms with Gasteiger partial charge in [0.05, 0.1) is 12.1 Å². The van der Waals surface area contributed by atoms with E-state index in [-0.39, 0.29) is 0 Å². The lowest BCUT2D eigenvalue weighted by Crippen LogP contribution is -1.99. The summed E-state index contributed by atoms with van der Waals surface area (Å²) in [6.45, 7) is 5.79. The summed E-state index contributed by atoms with van der Waals surface area (Å²) < 4.78 is 6.12. The number of H-pyrrole nitrogens is 1. The van der Waals surface area contributed by atoms with Crippen LogP contribution in [0.15, 0.2) is 30.3 Å². The minimum Gasteiger partial charge on any atom is -0.493 e. The third kappa shape index (κ3) is 5.99. The van der Waals surface area contributed by atoms with Gasteiger partial charge in [0.25, 0.3) is 0 Å². The normalized spacial score (nSPS) is 11.6. The van der Waals surface area contributed by atoms with Gasteiger partial charge < -0.3 is 15.5 Å². The molecule has 0 saturated heterocycles. The molecule has 3 aromatic rings. The van der Waals surface area contributed by atoms with E-state index in [0.29, 0.717) is 6.54 Å². The highest BCUT2D eigenvalue weighted by molar-refractivity contribution is 6.08. The second-order valence-electron chi connectivity index (χ2n) is 8.40. The van der Waals surface area contributed by atoms with E-state index in [1.165, 1.54) is 74.1 Å². The molecular weight excluding hydrogens is 356 g/mol. The zero-order chi connectivity index (χ0) is 20.5. The van der Waals surface area contributed by atoms with Crippen molar-refractivity contribution in [3.63, 3.8) is 0 Å². The van der Waals surface area contributed by atoms with E-state index in [9.17, 15) is 0 Å². The predicted octanol–water partition coefficient (Wildman–Crippen LogP) is 7.39. The largest absolute Gasteiger partial charge is 0.493 e. The quantitative estimate of drug-likeness (QED) is 0.297. The fourth-order valence-electron chi connectivity index (χ4n) is 4.14. The number of nitrogens with two attached hydrogens (primary N) is 1. The molecule has 0 aliphatic heterocycles. The first-order valence-electron chi connectivity index (χ1n) is 11.6. The van der Waals surface area contributed by atoms with Crippen molar-refractivity contribution in [1.82, 2.24) is 4.98 Å². The number of unbranched alkanes of at least 4 members (excludes halogenated alkanes) is 9. The highest BCUT2D eigenvalue weighted by atomic mass is 16.5. The summed E-state index contributed by atoms with van der Waals surface area (Å²) in [7, 11) is 0. The summed E-state index contributed by atoms with van der Waals surface area (Å²) in [5.74, 6) is 0.999. The summed E-state index contributed by atoms with van der Waals surface area (Å²) in [6.07, 6.45) is 13.5. The van der Waals surface area contributed by atoms with E-state index in [0.717, 1.165) is 35.4 Å². The molecule has 0 amide bonds. The number of nitrogens with one attached hydrogen (secondary N) is 1. The van der Waals surface area contributed by atoms with Crippen molar-refractivity contribution in [1.29, 1.82) is 0 Å². The van der Waals surface area contributed by atoms with Crippen LogP contribution < -0.4 is 10.5 Å². The van der Waals surface area contributed by atoms with Crippen molar-refractivity contribution < 1.29 is 4.74 Å². The Morgan fingerprint density at radius 2 is 1.45 bits per heavy atom. The number of ether oxygens (including phenoxy) is 1. The number of aryl methyl sites for hydroxylation is 1. The Labute approximate surface area is 176 Å². The summed E-state index contributed by atoms with van der Waals surface area (Å²) in [5, 5.41) is 2.49. The van der Waals surface area contributed by atoms with Crippen LogP contribution in [0.3, 0.4) is 0 Å². The molecule has 0 aliphatic carbocycles. The molecule has 0 atom stereocenters. The molecular formula is C26H38N2O. The van der Waals surface area contributed by atoms with Gasteiger partial charge in [-0.3, -0.25) is 0 Å². The average molecular weight is 395 g/mol. The number of aromatic amines is 1. The third-order valence-electron chi connectivity index (χ3n) is 5.95. The van der Waals surface area contributed by atoms with E-state index >= 15 is 0 Å². The number of aromatic nitrogens is 1. The van der Waals surface area contributed by atoms with Crippen LogP contribution in [0, 0.1) is 6.92 Å². The molecule has 3 nitrogen and oxygen atoms in total. The molecule has 0 spiro atoms. The molecule has 0 fully saturated rings. The van der Waals surface area contributed by atoms with E-state index in [1.807, 2.05) is 0 Å². The lowest BCUT2D eigenvalue weighted by Gasteiger charge is -2.09. The molecule has 0 radical (unpaired) electrons. The Hall–Kier alpha value is -2.00. The van der Waals surface area contributed by atoms with Crippen LogP contribution in [-0.4, -0.2) is 11.6 Å². The molecule has 1 aromatic heterocycles. The molecule has 3 rings (SSSR count). The number of fused-ring (bicyclic) bond motifs is 3. The zero-order valence-corrected chi connectivity index (χ0v) is 18.4. The third-order valence-corrected chi connectivity index (χ3v) is 5.95. The monoisotopic (exact) mass is 394 g/mol. The summed E-state index contributed by atoms with van der Waals surface area (Å²) in [5.41, 5.74) is 10.5. The fraction of sp³-hybridized carbons (Fsp3) is 0.538. The molecule has 1 heterocycles. The molecule has 0 saturated carbocycles. The van der Waals surface area contributed by atoms with Gasteiger partial charge >= 0.3 is 0 Å². The minimum absolute atomic E-state index is 0.571. The maximum atomic E-state index is 6.12. The second-order valence-corrected chi connectivity index (χ2v) is 8.40. The van der Waals surface area contributed by atoms with Crippen molar-refractivity contribution in [2.45, 2.75) is 84.6 Å². The minimum atomic E-state index is 0.571.